The summed E-state index contributed by atoms with van der Waals surface area (Å²) in [5.41, 5.74) is 2.33. The number of ether oxygens (including phenoxy) is 1. The highest BCUT2D eigenvalue weighted by molar-refractivity contribution is 5.93. The zero-order valence-electron chi connectivity index (χ0n) is 13.0. The molecule has 0 fully saturated rings. The topological polar surface area (TPSA) is 67.4 Å². The van der Waals surface area contributed by atoms with E-state index in [9.17, 15) is 9.59 Å². The summed E-state index contributed by atoms with van der Waals surface area (Å²) in [6, 6.07) is 16.7. The highest BCUT2D eigenvalue weighted by atomic mass is 16.5. The fourth-order valence-electron chi connectivity index (χ4n) is 2.09. The van der Waals surface area contributed by atoms with Gasteiger partial charge in [0.1, 0.15) is 0 Å². The van der Waals surface area contributed by atoms with Gasteiger partial charge >= 0.3 is 5.97 Å². The molecule has 0 atom stereocenters. The van der Waals surface area contributed by atoms with E-state index in [0.717, 1.165) is 13.0 Å². The molecule has 0 aliphatic heterocycles. The van der Waals surface area contributed by atoms with Crippen molar-refractivity contribution in [2.24, 2.45) is 0 Å². The molecule has 0 aromatic heterocycles. The zero-order valence-corrected chi connectivity index (χ0v) is 13.0. The zero-order chi connectivity index (χ0) is 16.5. The third-order valence-corrected chi connectivity index (χ3v) is 3.31. The number of carbonyl (C=O) groups is 2. The van der Waals surface area contributed by atoms with Crippen molar-refractivity contribution in [2.45, 2.75) is 6.42 Å². The quantitative estimate of drug-likeness (QED) is 0.608. The molecule has 2 N–H and O–H groups in total. The third-order valence-electron chi connectivity index (χ3n) is 3.31. The molecule has 0 radical (unpaired) electrons. The molecule has 23 heavy (non-hydrogen) atoms. The lowest BCUT2D eigenvalue weighted by molar-refractivity contribution is -0.115. The molecule has 5 nitrogen and oxygen atoms in total. The molecule has 1 amide bonds. The van der Waals surface area contributed by atoms with Crippen LogP contribution in [0.4, 0.5) is 5.69 Å². The van der Waals surface area contributed by atoms with Crippen LogP contribution >= 0.6 is 0 Å². The number of hydrogen-bond acceptors (Lipinski definition) is 4. The van der Waals surface area contributed by atoms with Crippen molar-refractivity contribution in [3.05, 3.63) is 65.7 Å². The fourth-order valence-corrected chi connectivity index (χ4v) is 2.09. The van der Waals surface area contributed by atoms with Crippen molar-refractivity contribution >= 4 is 17.6 Å². The second-order valence-corrected chi connectivity index (χ2v) is 5.03. The van der Waals surface area contributed by atoms with E-state index in [-0.39, 0.29) is 12.5 Å². The van der Waals surface area contributed by atoms with Gasteiger partial charge < -0.3 is 15.4 Å². The molecule has 0 saturated carbocycles. The number of esters is 1. The molecule has 0 bridgehead atoms. The smallest absolute Gasteiger partial charge is 0.337 e. The molecule has 0 spiro atoms. The summed E-state index contributed by atoms with van der Waals surface area (Å²) >= 11 is 0. The second kappa shape index (κ2) is 8.70. The van der Waals surface area contributed by atoms with E-state index in [1.165, 1.54) is 12.7 Å². The van der Waals surface area contributed by atoms with E-state index in [1.54, 1.807) is 24.3 Å². The normalized spacial score (nSPS) is 10.1. The molecule has 2 aromatic rings. The lowest BCUT2D eigenvalue weighted by atomic mass is 10.1. The number of nitrogens with one attached hydrogen (secondary N) is 2. The molecule has 0 aliphatic rings. The van der Waals surface area contributed by atoms with Crippen LogP contribution in [0, 0.1) is 0 Å². The Hall–Kier alpha value is -2.66. The molecule has 0 unspecified atom stereocenters. The molecule has 0 heterocycles. The first-order chi connectivity index (χ1) is 11.2. The van der Waals surface area contributed by atoms with Gasteiger partial charge in [-0.3, -0.25) is 4.79 Å². The Morgan fingerprint density at radius 3 is 2.35 bits per heavy atom. The van der Waals surface area contributed by atoms with E-state index < -0.39 is 5.97 Å². The van der Waals surface area contributed by atoms with Crippen LogP contribution in [0.25, 0.3) is 0 Å². The minimum Gasteiger partial charge on any atom is -0.465 e. The Labute approximate surface area is 135 Å². The molecular weight excluding hydrogens is 292 g/mol. The minimum atomic E-state index is -0.398. The van der Waals surface area contributed by atoms with Crippen molar-refractivity contribution in [3.8, 4) is 0 Å². The number of anilines is 1. The number of rotatable bonds is 7. The summed E-state index contributed by atoms with van der Waals surface area (Å²) in [7, 11) is 1.33. The van der Waals surface area contributed by atoms with Gasteiger partial charge in [-0.15, -0.1) is 0 Å². The average Bonchev–Trinajstić information content (AvgIpc) is 2.59. The first-order valence-electron chi connectivity index (χ1n) is 7.42. The summed E-state index contributed by atoms with van der Waals surface area (Å²) < 4.78 is 4.62. The van der Waals surface area contributed by atoms with Gasteiger partial charge in [-0.25, -0.2) is 4.79 Å². The van der Waals surface area contributed by atoms with Gasteiger partial charge in [0.15, 0.2) is 0 Å². The first kappa shape index (κ1) is 16.7. The highest BCUT2D eigenvalue weighted by Gasteiger charge is 2.06. The van der Waals surface area contributed by atoms with Gasteiger partial charge in [0.05, 0.1) is 19.2 Å². The Morgan fingerprint density at radius 1 is 1.00 bits per heavy atom. The van der Waals surface area contributed by atoms with Crippen molar-refractivity contribution in [3.63, 3.8) is 0 Å². The van der Waals surface area contributed by atoms with Gasteiger partial charge in [-0.2, -0.15) is 0 Å². The van der Waals surface area contributed by atoms with Crippen LogP contribution in [0.15, 0.2) is 54.6 Å². The largest absolute Gasteiger partial charge is 0.465 e. The molecule has 2 rings (SSSR count). The minimum absolute atomic E-state index is 0.121. The summed E-state index contributed by atoms with van der Waals surface area (Å²) in [6.45, 7) is 0.976. The molecule has 0 aliphatic carbocycles. The second-order valence-electron chi connectivity index (χ2n) is 5.03. The van der Waals surface area contributed by atoms with Crippen molar-refractivity contribution in [1.82, 2.24) is 5.32 Å². The summed E-state index contributed by atoms with van der Waals surface area (Å²) in [6.07, 6.45) is 0.877. The van der Waals surface area contributed by atoms with E-state index in [2.05, 4.69) is 27.5 Å². The Morgan fingerprint density at radius 2 is 1.70 bits per heavy atom. The SMILES string of the molecule is COC(=O)c1ccc(NC(=O)CNCCc2ccccc2)cc1. The maximum absolute atomic E-state index is 11.8. The van der Waals surface area contributed by atoms with Gasteiger partial charge in [-0.1, -0.05) is 30.3 Å². The van der Waals surface area contributed by atoms with Crippen LogP contribution in [0.5, 0.6) is 0 Å². The lowest BCUT2D eigenvalue weighted by Gasteiger charge is -2.07. The molecular formula is C18H20N2O3. The number of hydrogen-bond donors (Lipinski definition) is 2. The maximum atomic E-state index is 11.8. The van der Waals surface area contributed by atoms with Crippen molar-refractivity contribution < 1.29 is 14.3 Å². The van der Waals surface area contributed by atoms with Gasteiger partial charge in [0, 0.05) is 5.69 Å². The third kappa shape index (κ3) is 5.56. The number of methoxy groups -OCH3 is 1. The standard InChI is InChI=1S/C18H20N2O3/c1-23-18(22)15-7-9-16(10-8-15)20-17(21)13-19-12-11-14-5-3-2-4-6-14/h2-10,19H,11-13H2,1H3,(H,20,21). The molecule has 2 aromatic carbocycles. The van der Waals surface area contributed by atoms with E-state index in [1.807, 2.05) is 18.2 Å². The Kier molecular flexibility index (Phi) is 6.32. The summed E-state index contributed by atoms with van der Waals surface area (Å²) in [5.74, 6) is -0.519. The average molecular weight is 312 g/mol. The Balaban J connectivity index is 1.71. The van der Waals surface area contributed by atoms with Crippen LogP contribution in [-0.4, -0.2) is 32.1 Å². The van der Waals surface area contributed by atoms with Gasteiger partial charge in [-0.05, 0) is 42.8 Å². The van der Waals surface area contributed by atoms with E-state index in [4.69, 9.17) is 0 Å². The maximum Gasteiger partial charge on any atom is 0.337 e. The lowest BCUT2D eigenvalue weighted by Crippen LogP contribution is -2.29. The Bertz CT molecular complexity index is 639. The molecule has 120 valence electrons. The monoisotopic (exact) mass is 312 g/mol. The predicted molar refractivity (Wildman–Crippen MR) is 89.4 cm³/mol. The number of carbonyl (C=O) groups excluding carboxylic acids is 2. The molecule has 5 heteroatoms. The van der Waals surface area contributed by atoms with Crippen LogP contribution in [0.1, 0.15) is 15.9 Å². The van der Waals surface area contributed by atoms with Crippen molar-refractivity contribution in [2.75, 3.05) is 25.5 Å². The van der Waals surface area contributed by atoms with E-state index in [0.29, 0.717) is 11.3 Å². The van der Waals surface area contributed by atoms with Gasteiger partial charge in [0.25, 0.3) is 0 Å². The van der Waals surface area contributed by atoms with Crippen LogP contribution < -0.4 is 10.6 Å². The highest BCUT2D eigenvalue weighted by Crippen LogP contribution is 2.10. The number of benzene rings is 2. The van der Waals surface area contributed by atoms with Crippen LogP contribution in [-0.2, 0) is 16.0 Å². The summed E-state index contributed by atoms with van der Waals surface area (Å²) in [4.78, 5) is 23.2. The van der Waals surface area contributed by atoms with Gasteiger partial charge in [0.2, 0.25) is 5.91 Å². The summed E-state index contributed by atoms with van der Waals surface area (Å²) in [5, 5.41) is 5.88. The van der Waals surface area contributed by atoms with E-state index >= 15 is 0 Å². The van der Waals surface area contributed by atoms with Crippen molar-refractivity contribution in [1.29, 1.82) is 0 Å². The predicted octanol–water partition coefficient (Wildman–Crippen LogP) is 2.24. The first-order valence-corrected chi connectivity index (χ1v) is 7.42. The van der Waals surface area contributed by atoms with Crippen LogP contribution in [0.3, 0.4) is 0 Å². The van der Waals surface area contributed by atoms with Crippen LogP contribution in [0.2, 0.25) is 0 Å². The molecule has 0 saturated heterocycles. The fraction of sp³-hybridized carbons (Fsp3) is 0.222. The number of amides is 1.